The van der Waals surface area contributed by atoms with Gasteiger partial charge in [0.25, 0.3) is 5.56 Å². The number of thiophene rings is 1. The van der Waals surface area contributed by atoms with Crippen molar-refractivity contribution in [2.24, 2.45) is 0 Å². The molecule has 2 aromatic heterocycles. The molecule has 1 N–H and O–H groups in total. The van der Waals surface area contributed by atoms with Crippen molar-refractivity contribution in [2.45, 2.75) is 51.1 Å². The lowest BCUT2D eigenvalue weighted by atomic mass is 10.1. The fourth-order valence-corrected chi connectivity index (χ4v) is 6.18. The number of rotatable bonds is 7. The normalized spacial score (nSPS) is 13.1. The molecule has 0 spiro atoms. The average molecular weight is 498 g/mol. The number of carbonyl (C=O) groups is 2. The van der Waals surface area contributed by atoms with Crippen molar-refractivity contribution in [1.29, 1.82) is 0 Å². The second-order valence-corrected chi connectivity index (χ2v) is 10.1. The summed E-state index contributed by atoms with van der Waals surface area (Å²) >= 11 is 2.66. The van der Waals surface area contributed by atoms with Gasteiger partial charge in [0.05, 0.1) is 23.6 Å². The number of hydrogen-bond donors (Lipinski definition) is 1. The Balaban J connectivity index is 1.56. The summed E-state index contributed by atoms with van der Waals surface area (Å²) in [7, 11) is 0. The molecule has 1 aliphatic carbocycles. The van der Waals surface area contributed by atoms with Crippen molar-refractivity contribution in [1.82, 2.24) is 9.55 Å². The summed E-state index contributed by atoms with van der Waals surface area (Å²) in [6.45, 7) is 3.81. The standard InChI is InChI=1S/C25H27N3O4S2/c1-3-32-24(31)22-18-12-8-5-9-13-19(18)34-23(22)27-20(29)15-33-25-26-16(2)14-21(30)28(25)17-10-6-4-7-11-17/h4,6-7,10-11,14H,3,5,8-9,12-13,15H2,1-2H3,(H,27,29). The second-order valence-electron chi connectivity index (χ2n) is 8.02. The molecule has 178 valence electrons. The number of amides is 1. The van der Waals surface area contributed by atoms with Crippen LogP contribution in [0.2, 0.25) is 0 Å². The van der Waals surface area contributed by atoms with Gasteiger partial charge in [-0.2, -0.15) is 0 Å². The number of ether oxygens (including phenoxy) is 1. The molecule has 0 radical (unpaired) electrons. The van der Waals surface area contributed by atoms with Crippen molar-refractivity contribution in [3.05, 3.63) is 68.4 Å². The van der Waals surface area contributed by atoms with E-state index in [0.717, 1.165) is 42.5 Å². The van der Waals surface area contributed by atoms with Crippen molar-refractivity contribution in [3.8, 4) is 5.69 Å². The zero-order valence-electron chi connectivity index (χ0n) is 19.3. The van der Waals surface area contributed by atoms with Crippen LogP contribution in [0, 0.1) is 6.92 Å². The molecule has 0 saturated heterocycles. The van der Waals surface area contributed by atoms with Crippen LogP contribution in [0.15, 0.2) is 46.3 Å². The number of thioether (sulfide) groups is 1. The lowest BCUT2D eigenvalue weighted by molar-refractivity contribution is -0.113. The molecule has 9 heteroatoms. The zero-order valence-corrected chi connectivity index (χ0v) is 20.9. The molecule has 4 rings (SSSR count). The summed E-state index contributed by atoms with van der Waals surface area (Å²) in [6.07, 6.45) is 4.97. The second kappa shape index (κ2) is 11.0. The van der Waals surface area contributed by atoms with Crippen LogP contribution < -0.4 is 10.9 Å². The van der Waals surface area contributed by atoms with Gasteiger partial charge >= 0.3 is 5.97 Å². The number of hydrogen-bond acceptors (Lipinski definition) is 7. The Kier molecular flexibility index (Phi) is 7.84. The lowest BCUT2D eigenvalue weighted by Crippen LogP contribution is -2.22. The number of nitrogens with zero attached hydrogens (tertiary/aromatic N) is 2. The summed E-state index contributed by atoms with van der Waals surface area (Å²) in [5.41, 5.74) is 2.59. The van der Waals surface area contributed by atoms with Gasteiger partial charge in [-0.25, -0.2) is 9.78 Å². The van der Waals surface area contributed by atoms with E-state index in [4.69, 9.17) is 4.74 Å². The monoisotopic (exact) mass is 497 g/mol. The largest absolute Gasteiger partial charge is 0.462 e. The number of nitrogens with one attached hydrogen (secondary N) is 1. The van der Waals surface area contributed by atoms with Crippen LogP contribution in [0.3, 0.4) is 0 Å². The number of benzene rings is 1. The van der Waals surface area contributed by atoms with Crippen LogP contribution in [0.4, 0.5) is 5.00 Å². The highest BCUT2D eigenvalue weighted by Gasteiger charge is 2.26. The highest BCUT2D eigenvalue weighted by atomic mass is 32.2. The van der Waals surface area contributed by atoms with E-state index in [2.05, 4.69) is 10.3 Å². The van der Waals surface area contributed by atoms with E-state index in [-0.39, 0.29) is 29.8 Å². The fourth-order valence-electron chi connectivity index (χ4n) is 4.02. The van der Waals surface area contributed by atoms with Crippen LogP contribution in [-0.4, -0.2) is 33.8 Å². The van der Waals surface area contributed by atoms with Crippen LogP contribution in [0.5, 0.6) is 0 Å². The van der Waals surface area contributed by atoms with Crippen LogP contribution in [-0.2, 0) is 22.4 Å². The van der Waals surface area contributed by atoms with Gasteiger partial charge in [0.2, 0.25) is 5.91 Å². The van der Waals surface area contributed by atoms with E-state index in [9.17, 15) is 14.4 Å². The first-order chi connectivity index (χ1) is 16.5. The van der Waals surface area contributed by atoms with E-state index < -0.39 is 0 Å². The van der Waals surface area contributed by atoms with E-state index in [1.165, 1.54) is 33.7 Å². The Morgan fingerprint density at radius 2 is 1.94 bits per heavy atom. The first kappa shape index (κ1) is 24.2. The van der Waals surface area contributed by atoms with Gasteiger partial charge in [0, 0.05) is 16.6 Å². The summed E-state index contributed by atoms with van der Waals surface area (Å²) in [6, 6.07) is 10.7. The van der Waals surface area contributed by atoms with Gasteiger partial charge in [-0.05, 0) is 57.2 Å². The minimum absolute atomic E-state index is 0.0492. The molecule has 0 saturated carbocycles. The molecule has 1 aliphatic rings. The number of fused-ring (bicyclic) bond motifs is 1. The Hall–Kier alpha value is -2.91. The lowest BCUT2D eigenvalue weighted by Gasteiger charge is -2.12. The predicted octanol–water partition coefficient (Wildman–Crippen LogP) is 4.78. The summed E-state index contributed by atoms with van der Waals surface area (Å²) in [5, 5.41) is 3.92. The molecule has 7 nitrogen and oxygen atoms in total. The number of aryl methyl sites for hydroxylation is 2. The van der Waals surface area contributed by atoms with Crippen molar-refractivity contribution in [2.75, 3.05) is 17.7 Å². The van der Waals surface area contributed by atoms with Gasteiger partial charge in [-0.1, -0.05) is 36.4 Å². The molecule has 0 bridgehead atoms. The number of aromatic nitrogens is 2. The molecule has 3 aromatic rings. The minimum atomic E-state index is -0.386. The van der Waals surface area contributed by atoms with Gasteiger partial charge in [0.15, 0.2) is 5.16 Å². The van der Waals surface area contributed by atoms with Crippen molar-refractivity contribution >= 4 is 40.0 Å². The molecule has 0 unspecified atom stereocenters. The number of anilines is 1. The van der Waals surface area contributed by atoms with Gasteiger partial charge in [0.1, 0.15) is 5.00 Å². The average Bonchev–Trinajstić information content (AvgIpc) is 2.98. The molecular formula is C25H27N3O4S2. The maximum Gasteiger partial charge on any atom is 0.341 e. The van der Waals surface area contributed by atoms with E-state index in [1.54, 1.807) is 13.8 Å². The van der Waals surface area contributed by atoms with Crippen LogP contribution in [0.25, 0.3) is 5.69 Å². The van der Waals surface area contributed by atoms with Crippen LogP contribution in [0.1, 0.15) is 52.7 Å². The van der Waals surface area contributed by atoms with Crippen molar-refractivity contribution in [3.63, 3.8) is 0 Å². The fraction of sp³-hybridized carbons (Fsp3) is 0.360. The third kappa shape index (κ3) is 5.42. The highest BCUT2D eigenvalue weighted by molar-refractivity contribution is 7.99. The third-order valence-electron chi connectivity index (χ3n) is 5.52. The van der Waals surface area contributed by atoms with Crippen molar-refractivity contribution < 1.29 is 14.3 Å². The van der Waals surface area contributed by atoms with Gasteiger partial charge in [-0.15, -0.1) is 11.3 Å². The topological polar surface area (TPSA) is 90.3 Å². The minimum Gasteiger partial charge on any atom is -0.462 e. The number of esters is 1. The molecule has 2 heterocycles. The van der Waals surface area contributed by atoms with E-state index in [1.807, 2.05) is 30.3 Å². The van der Waals surface area contributed by atoms with Gasteiger partial charge in [-0.3, -0.25) is 14.2 Å². The first-order valence-corrected chi connectivity index (χ1v) is 13.2. The summed E-state index contributed by atoms with van der Waals surface area (Å²) in [5.74, 6) is -0.599. The maximum atomic E-state index is 12.9. The number of para-hydroxylation sites is 1. The maximum absolute atomic E-state index is 12.9. The molecule has 0 fully saturated rings. The van der Waals surface area contributed by atoms with Crippen LogP contribution >= 0.6 is 23.1 Å². The SMILES string of the molecule is CCOC(=O)c1c(NC(=O)CSc2nc(C)cc(=O)n2-c2ccccc2)sc2c1CCCCC2. The van der Waals surface area contributed by atoms with E-state index >= 15 is 0 Å². The molecule has 1 amide bonds. The number of carbonyl (C=O) groups excluding carboxylic acids is 2. The summed E-state index contributed by atoms with van der Waals surface area (Å²) in [4.78, 5) is 44.0. The Morgan fingerprint density at radius 3 is 2.71 bits per heavy atom. The molecule has 0 atom stereocenters. The molecular weight excluding hydrogens is 470 g/mol. The first-order valence-electron chi connectivity index (χ1n) is 11.4. The predicted molar refractivity (Wildman–Crippen MR) is 135 cm³/mol. The molecule has 0 aliphatic heterocycles. The molecule has 1 aromatic carbocycles. The Labute approximate surface area is 206 Å². The molecule has 34 heavy (non-hydrogen) atoms. The third-order valence-corrected chi connectivity index (χ3v) is 7.66. The highest BCUT2D eigenvalue weighted by Crippen LogP contribution is 2.38. The van der Waals surface area contributed by atoms with E-state index in [0.29, 0.717) is 27.1 Å². The van der Waals surface area contributed by atoms with Gasteiger partial charge < -0.3 is 10.1 Å². The Morgan fingerprint density at radius 1 is 1.18 bits per heavy atom. The Bertz CT molecular complexity index is 1250. The zero-order chi connectivity index (χ0) is 24.1. The smallest absolute Gasteiger partial charge is 0.341 e. The quantitative estimate of drug-likeness (QED) is 0.219. The summed E-state index contributed by atoms with van der Waals surface area (Å²) < 4.78 is 6.80.